The second-order valence-electron chi connectivity index (χ2n) is 6.58. The van der Waals surface area contributed by atoms with E-state index in [1.165, 1.54) is 25.6 Å². The summed E-state index contributed by atoms with van der Waals surface area (Å²) in [6.07, 6.45) is 2.37. The van der Waals surface area contributed by atoms with E-state index in [2.05, 4.69) is 15.7 Å². The van der Waals surface area contributed by atoms with Crippen LogP contribution < -0.4 is 20.1 Å². The largest absolute Gasteiger partial charge is 0.493 e. The Morgan fingerprint density at radius 1 is 1.13 bits per heavy atom. The Balaban J connectivity index is 1.78. The standard InChI is InChI=1S/C21H24N4O4S/c1-13-5-6-18(30-13)21(27)24-16-11-14(12-17(28-3)19(16)29-4)20(26)22-9-7-15-8-10-23-25(15)2/h5-6,8,10-12H,7,9H2,1-4H3,(H,22,26)(H,24,27). The Labute approximate surface area is 178 Å². The molecular formula is C21H24N4O4S. The van der Waals surface area contributed by atoms with Crippen LogP contribution in [0.1, 0.15) is 30.6 Å². The Morgan fingerprint density at radius 3 is 2.53 bits per heavy atom. The summed E-state index contributed by atoms with van der Waals surface area (Å²) in [5.41, 5.74) is 1.74. The molecule has 0 unspecified atom stereocenters. The van der Waals surface area contributed by atoms with E-state index in [1.54, 1.807) is 29.1 Å². The summed E-state index contributed by atoms with van der Waals surface area (Å²) in [5.74, 6) is 0.155. The van der Waals surface area contributed by atoms with Crippen LogP contribution in [0.25, 0.3) is 0 Å². The molecule has 30 heavy (non-hydrogen) atoms. The maximum absolute atomic E-state index is 12.7. The molecule has 0 spiro atoms. The van der Waals surface area contributed by atoms with Gasteiger partial charge < -0.3 is 20.1 Å². The van der Waals surface area contributed by atoms with Crippen molar-refractivity contribution < 1.29 is 19.1 Å². The summed E-state index contributed by atoms with van der Waals surface area (Å²) >= 11 is 1.39. The van der Waals surface area contributed by atoms with Crippen molar-refractivity contribution in [2.75, 3.05) is 26.1 Å². The van der Waals surface area contributed by atoms with E-state index in [1.807, 2.05) is 26.1 Å². The van der Waals surface area contributed by atoms with Gasteiger partial charge in [0.2, 0.25) is 0 Å². The first-order valence-electron chi connectivity index (χ1n) is 9.31. The molecule has 0 aliphatic heterocycles. The Morgan fingerprint density at radius 2 is 1.93 bits per heavy atom. The third-order valence-electron chi connectivity index (χ3n) is 4.54. The number of rotatable bonds is 8. The smallest absolute Gasteiger partial charge is 0.265 e. The van der Waals surface area contributed by atoms with Crippen molar-refractivity contribution >= 4 is 28.8 Å². The van der Waals surface area contributed by atoms with Crippen molar-refractivity contribution in [1.82, 2.24) is 15.1 Å². The van der Waals surface area contributed by atoms with E-state index in [0.717, 1.165) is 10.6 Å². The molecule has 0 atom stereocenters. The van der Waals surface area contributed by atoms with Gasteiger partial charge in [-0.1, -0.05) is 0 Å². The van der Waals surface area contributed by atoms with Gasteiger partial charge >= 0.3 is 0 Å². The molecule has 2 aromatic heterocycles. The lowest BCUT2D eigenvalue weighted by atomic mass is 10.1. The molecule has 8 nitrogen and oxygen atoms in total. The molecule has 3 aromatic rings. The number of amides is 2. The van der Waals surface area contributed by atoms with Crippen LogP contribution in [0, 0.1) is 6.92 Å². The van der Waals surface area contributed by atoms with E-state index < -0.39 is 0 Å². The van der Waals surface area contributed by atoms with E-state index in [4.69, 9.17) is 9.47 Å². The number of hydrogen-bond acceptors (Lipinski definition) is 6. The van der Waals surface area contributed by atoms with E-state index in [9.17, 15) is 9.59 Å². The average Bonchev–Trinajstić information content (AvgIpc) is 3.35. The second kappa shape index (κ2) is 9.45. The van der Waals surface area contributed by atoms with Gasteiger partial charge in [-0.15, -0.1) is 11.3 Å². The maximum Gasteiger partial charge on any atom is 0.265 e. The normalized spacial score (nSPS) is 10.5. The number of nitrogens with one attached hydrogen (secondary N) is 2. The number of aromatic nitrogens is 2. The van der Waals surface area contributed by atoms with Gasteiger partial charge in [-0.25, -0.2) is 0 Å². The van der Waals surface area contributed by atoms with Crippen molar-refractivity contribution in [2.45, 2.75) is 13.3 Å². The number of benzene rings is 1. The molecule has 0 fully saturated rings. The van der Waals surface area contributed by atoms with Crippen LogP contribution in [0.15, 0.2) is 36.5 Å². The van der Waals surface area contributed by atoms with Crippen LogP contribution in [0.3, 0.4) is 0 Å². The molecule has 0 aliphatic rings. The van der Waals surface area contributed by atoms with Crippen LogP contribution in [0.5, 0.6) is 11.5 Å². The lowest BCUT2D eigenvalue weighted by molar-refractivity contribution is 0.0952. The Bertz CT molecular complexity index is 1060. The van der Waals surface area contributed by atoms with Gasteiger partial charge in [0.25, 0.3) is 11.8 Å². The quantitative estimate of drug-likeness (QED) is 0.575. The summed E-state index contributed by atoms with van der Waals surface area (Å²) in [6.45, 7) is 2.38. The maximum atomic E-state index is 12.7. The third-order valence-corrected chi connectivity index (χ3v) is 5.54. The van der Waals surface area contributed by atoms with Crippen LogP contribution >= 0.6 is 11.3 Å². The highest BCUT2D eigenvalue weighted by molar-refractivity contribution is 7.14. The number of ether oxygens (including phenoxy) is 2. The average molecular weight is 429 g/mol. The topological polar surface area (TPSA) is 94.5 Å². The molecule has 3 rings (SSSR count). The minimum atomic E-state index is -0.277. The van der Waals surface area contributed by atoms with Crippen molar-refractivity contribution in [1.29, 1.82) is 0 Å². The molecule has 0 saturated heterocycles. The molecule has 2 N–H and O–H groups in total. The zero-order valence-corrected chi connectivity index (χ0v) is 18.1. The number of thiophene rings is 1. The van der Waals surface area contributed by atoms with Crippen molar-refractivity contribution in [3.8, 4) is 11.5 Å². The number of aryl methyl sites for hydroxylation is 2. The predicted octanol–water partition coefficient (Wildman–Crippen LogP) is 3.03. The van der Waals surface area contributed by atoms with Crippen molar-refractivity contribution in [3.63, 3.8) is 0 Å². The Hall–Kier alpha value is -3.33. The van der Waals surface area contributed by atoms with Crippen molar-refractivity contribution in [2.24, 2.45) is 7.05 Å². The first-order chi connectivity index (χ1) is 14.4. The first kappa shape index (κ1) is 21.4. The molecule has 1 aromatic carbocycles. The molecule has 0 radical (unpaired) electrons. The number of methoxy groups -OCH3 is 2. The van der Waals surface area contributed by atoms with Crippen LogP contribution in [-0.2, 0) is 13.5 Å². The van der Waals surface area contributed by atoms with Crippen LogP contribution in [0.2, 0.25) is 0 Å². The monoisotopic (exact) mass is 428 g/mol. The molecular weight excluding hydrogens is 404 g/mol. The van der Waals surface area contributed by atoms with Gasteiger partial charge in [-0.3, -0.25) is 14.3 Å². The molecule has 2 amide bonds. The predicted molar refractivity (Wildman–Crippen MR) is 116 cm³/mol. The molecule has 0 saturated carbocycles. The Kier molecular flexibility index (Phi) is 6.73. The highest BCUT2D eigenvalue weighted by Crippen LogP contribution is 2.37. The number of carbonyl (C=O) groups excluding carboxylic acids is 2. The number of carbonyl (C=O) groups is 2. The van der Waals surface area contributed by atoms with Crippen LogP contribution in [-0.4, -0.2) is 42.4 Å². The lowest BCUT2D eigenvalue weighted by Crippen LogP contribution is -2.26. The summed E-state index contributed by atoms with van der Waals surface area (Å²) in [4.78, 5) is 26.9. The minimum absolute atomic E-state index is 0.276. The molecule has 0 bridgehead atoms. The molecule has 9 heteroatoms. The zero-order chi connectivity index (χ0) is 21.7. The minimum Gasteiger partial charge on any atom is -0.493 e. The second-order valence-corrected chi connectivity index (χ2v) is 7.86. The summed E-state index contributed by atoms with van der Waals surface area (Å²) < 4.78 is 12.5. The zero-order valence-electron chi connectivity index (χ0n) is 17.3. The van der Waals surface area contributed by atoms with Gasteiger partial charge in [-0.05, 0) is 37.3 Å². The summed E-state index contributed by atoms with van der Waals surface area (Å²) in [7, 11) is 4.82. The fraction of sp³-hybridized carbons (Fsp3) is 0.286. The molecule has 0 aliphatic carbocycles. The van der Waals surface area contributed by atoms with Gasteiger partial charge in [0.1, 0.15) is 0 Å². The summed E-state index contributed by atoms with van der Waals surface area (Å²) in [6, 6.07) is 8.71. The highest BCUT2D eigenvalue weighted by Gasteiger charge is 2.19. The summed E-state index contributed by atoms with van der Waals surface area (Å²) in [5, 5.41) is 9.82. The van der Waals surface area contributed by atoms with Crippen molar-refractivity contribution in [3.05, 3.63) is 57.5 Å². The van der Waals surface area contributed by atoms with Gasteiger partial charge in [-0.2, -0.15) is 5.10 Å². The fourth-order valence-corrected chi connectivity index (χ4v) is 3.74. The van der Waals surface area contributed by atoms with Crippen LogP contribution in [0.4, 0.5) is 5.69 Å². The molecule has 158 valence electrons. The number of anilines is 1. The van der Waals surface area contributed by atoms with Gasteiger partial charge in [0.05, 0.1) is 24.8 Å². The van der Waals surface area contributed by atoms with E-state index >= 15 is 0 Å². The number of hydrogen-bond donors (Lipinski definition) is 2. The van der Waals surface area contributed by atoms with Gasteiger partial charge in [0, 0.05) is 42.3 Å². The fourth-order valence-electron chi connectivity index (χ4n) is 2.98. The molecule has 2 heterocycles. The highest BCUT2D eigenvalue weighted by atomic mass is 32.1. The van der Waals surface area contributed by atoms with Gasteiger partial charge in [0.15, 0.2) is 11.5 Å². The lowest BCUT2D eigenvalue weighted by Gasteiger charge is -2.15. The van der Waals surface area contributed by atoms with E-state index in [-0.39, 0.29) is 11.8 Å². The van der Waals surface area contributed by atoms with E-state index in [0.29, 0.717) is 40.6 Å². The third kappa shape index (κ3) is 4.80. The SMILES string of the molecule is COc1cc(C(=O)NCCc2ccnn2C)cc(NC(=O)c2ccc(C)s2)c1OC. The number of nitrogens with zero attached hydrogens (tertiary/aromatic N) is 2. The first-order valence-corrected chi connectivity index (χ1v) is 10.1.